The zero-order valence-electron chi connectivity index (χ0n) is 14.2. The minimum atomic E-state index is -5.10. The molecule has 0 aliphatic rings. The molecule has 130 valence electrons. The number of fused-ring (bicyclic) bond motifs is 1. The van der Waals surface area contributed by atoms with Gasteiger partial charge in [-0.05, 0) is 30.7 Å². The van der Waals surface area contributed by atoms with Gasteiger partial charge in [-0.15, -0.1) is 5.98 Å². The summed E-state index contributed by atoms with van der Waals surface area (Å²) in [7, 11) is -3.91. The van der Waals surface area contributed by atoms with Crippen LogP contribution in [-0.4, -0.2) is 19.4 Å². The average molecular weight is 403 g/mol. The van der Waals surface area contributed by atoms with E-state index in [1.165, 1.54) is 18.3 Å². The van der Waals surface area contributed by atoms with E-state index in [4.69, 9.17) is 0 Å². The molecule has 0 unspecified atom stereocenters. The Morgan fingerprint density at radius 3 is 2.23 bits per heavy atom. The van der Waals surface area contributed by atoms with Crippen molar-refractivity contribution in [1.29, 1.82) is 0 Å². The van der Waals surface area contributed by atoms with Crippen molar-refractivity contribution in [2.24, 2.45) is 0 Å². The second kappa shape index (κ2) is 8.04. The molecule has 0 radical (unpaired) electrons. The number of nitrogens with zero attached hydrogens (tertiary/aromatic N) is 1. The Morgan fingerprint density at radius 2 is 1.62 bits per heavy atom. The Balaban J connectivity index is 0.00000243. The van der Waals surface area contributed by atoms with Crippen molar-refractivity contribution >= 4 is 34.0 Å². The van der Waals surface area contributed by atoms with Gasteiger partial charge in [0.2, 0.25) is 0 Å². The number of hydrogen-bond acceptors (Lipinski definition) is 2. The van der Waals surface area contributed by atoms with Gasteiger partial charge in [0.25, 0.3) is 10.0 Å². The zero-order valence-corrected chi connectivity index (χ0v) is 18.2. The average Bonchev–Trinajstić information content (AvgIpc) is 2.92. The number of aromatic nitrogens is 1. The maximum absolute atomic E-state index is 12.9. The number of benzene rings is 2. The second-order valence-corrected chi connectivity index (χ2v) is 7.51. The summed E-state index contributed by atoms with van der Waals surface area (Å²) < 4.78 is 64.4. The molecule has 0 aliphatic heterocycles. The summed E-state index contributed by atoms with van der Waals surface area (Å²) in [5, 5.41) is 0.439. The Hall–Kier alpha value is -0.839. The summed E-state index contributed by atoms with van der Waals surface area (Å²) >= 11 is 0. The molecular weight excluding hydrogens is 389 g/mol. The molecule has 0 fully saturated rings. The van der Waals surface area contributed by atoms with Crippen molar-refractivity contribution in [2.75, 3.05) is 0 Å². The molecule has 0 saturated heterocycles. The van der Waals surface area contributed by atoms with Gasteiger partial charge in [0, 0.05) is 11.6 Å². The van der Waals surface area contributed by atoms with Crippen molar-refractivity contribution in [1.82, 2.24) is 3.97 Å². The maximum Gasteiger partial charge on any atom is 1.00 e. The van der Waals surface area contributed by atoms with Gasteiger partial charge in [-0.25, -0.2) is 12.4 Å². The van der Waals surface area contributed by atoms with Gasteiger partial charge in [-0.1, -0.05) is 42.0 Å². The summed E-state index contributed by atoms with van der Waals surface area (Å²) in [5.41, 5.74) is 1.44. The third-order valence-corrected chi connectivity index (χ3v) is 5.47. The first kappa shape index (κ1) is 21.5. The molecule has 0 N–H and O–H groups in total. The van der Waals surface area contributed by atoms with Crippen LogP contribution in [0.25, 0.3) is 17.0 Å². The summed E-state index contributed by atoms with van der Waals surface area (Å²) in [6.45, 7) is -3.27. The van der Waals surface area contributed by atoms with Gasteiger partial charge < -0.3 is 12.9 Å². The molecule has 1 heterocycles. The molecule has 3 nitrogen and oxygen atoms in total. The van der Waals surface area contributed by atoms with E-state index in [9.17, 15) is 21.4 Å². The molecule has 0 atom stereocenters. The van der Waals surface area contributed by atoms with Gasteiger partial charge in [0.05, 0.1) is 10.4 Å². The summed E-state index contributed by atoms with van der Waals surface area (Å²) in [6, 6.07) is 12.8. The van der Waals surface area contributed by atoms with Crippen molar-refractivity contribution in [2.45, 2.75) is 11.8 Å². The molecule has 3 aromatic rings. The van der Waals surface area contributed by atoms with E-state index in [0.29, 0.717) is 10.9 Å². The molecule has 2 aromatic carbocycles. The second-order valence-electron chi connectivity index (χ2n) is 5.70. The van der Waals surface area contributed by atoms with Crippen LogP contribution in [0, 0.1) is 6.92 Å². The van der Waals surface area contributed by atoms with Gasteiger partial charge in [-0.3, -0.25) is 0 Å². The Morgan fingerprint density at radius 1 is 1.00 bits per heavy atom. The van der Waals surface area contributed by atoms with Crippen LogP contribution in [0.4, 0.5) is 12.9 Å². The van der Waals surface area contributed by atoms with Crippen LogP contribution in [0.3, 0.4) is 0 Å². The van der Waals surface area contributed by atoms with E-state index in [1.807, 2.05) is 6.92 Å². The van der Waals surface area contributed by atoms with Crippen LogP contribution in [0.15, 0.2) is 65.6 Å². The predicted molar refractivity (Wildman–Crippen MR) is 93.8 cm³/mol. The molecular formula is C17H14BF3KNO2S. The van der Waals surface area contributed by atoms with Gasteiger partial charge in [0.1, 0.15) is 0 Å². The third-order valence-electron chi connectivity index (χ3n) is 3.78. The molecule has 3 rings (SSSR count). The first-order chi connectivity index (χ1) is 11.7. The number of halogens is 3. The van der Waals surface area contributed by atoms with E-state index in [0.717, 1.165) is 15.6 Å². The zero-order chi connectivity index (χ0) is 18.2. The quantitative estimate of drug-likeness (QED) is 0.621. The fraction of sp³-hybridized carbons (Fsp3) is 0.0588. The molecule has 0 aliphatic carbocycles. The maximum atomic E-state index is 12.9. The standard InChI is InChI=1S/C17H14BF3NO2S.K/c1-13-6-8-15(9-7-13)25(23,24)22-12-14(10-11-18(19,20)21)16-4-2-3-5-17(16)22;/h2-12H,1H3;/q-1;+1/b11-10+;. The van der Waals surface area contributed by atoms with E-state index in [1.54, 1.807) is 36.4 Å². The molecule has 26 heavy (non-hydrogen) atoms. The van der Waals surface area contributed by atoms with E-state index in [2.05, 4.69) is 0 Å². The normalized spacial score (nSPS) is 12.5. The Kier molecular flexibility index (Phi) is 6.63. The van der Waals surface area contributed by atoms with Crippen LogP contribution in [-0.2, 0) is 10.0 Å². The number of rotatable bonds is 4. The summed E-state index contributed by atoms with van der Waals surface area (Å²) in [4.78, 5) is 0.0782. The number of para-hydroxylation sites is 1. The fourth-order valence-electron chi connectivity index (χ4n) is 2.54. The van der Waals surface area contributed by atoms with E-state index < -0.39 is 17.0 Å². The van der Waals surface area contributed by atoms with Gasteiger partial charge in [-0.2, -0.15) is 0 Å². The van der Waals surface area contributed by atoms with Crippen LogP contribution in [0.2, 0.25) is 0 Å². The first-order valence-electron chi connectivity index (χ1n) is 7.50. The van der Waals surface area contributed by atoms with Crippen LogP contribution in [0.5, 0.6) is 0 Å². The Bertz CT molecular complexity index is 1060. The summed E-state index contributed by atoms with van der Waals surface area (Å²) in [5.74, 6) is 0.157. The van der Waals surface area contributed by atoms with Crippen molar-refractivity contribution in [3.05, 3.63) is 71.8 Å². The summed E-state index contributed by atoms with van der Waals surface area (Å²) in [6.07, 6.45) is 2.13. The molecule has 1 aromatic heterocycles. The molecule has 0 amide bonds. The van der Waals surface area contributed by atoms with Gasteiger partial charge in [0.15, 0.2) is 0 Å². The Labute approximate surface area is 192 Å². The number of aryl methyl sites for hydroxylation is 1. The number of hydrogen-bond donors (Lipinski definition) is 0. The van der Waals surface area contributed by atoms with Crippen LogP contribution >= 0.6 is 0 Å². The predicted octanol–water partition coefficient (Wildman–Crippen LogP) is 1.59. The smallest absolute Gasteiger partial charge is 0.445 e. The minimum absolute atomic E-state index is 0. The van der Waals surface area contributed by atoms with Gasteiger partial charge >= 0.3 is 58.4 Å². The molecule has 9 heteroatoms. The van der Waals surface area contributed by atoms with Crippen LogP contribution in [0.1, 0.15) is 11.1 Å². The molecule has 0 saturated carbocycles. The van der Waals surface area contributed by atoms with Crippen molar-refractivity contribution in [3.63, 3.8) is 0 Å². The molecule has 0 spiro atoms. The van der Waals surface area contributed by atoms with Crippen molar-refractivity contribution in [3.8, 4) is 0 Å². The largest absolute Gasteiger partial charge is 1.00 e. The van der Waals surface area contributed by atoms with Crippen LogP contribution < -0.4 is 51.4 Å². The first-order valence-corrected chi connectivity index (χ1v) is 8.94. The van der Waals surface area contributed by atoms with E-state index in [-0.39, 0.29) is 67.8 Å². The van der Waals surface area contributed by atoms with Crippen molar-refractivity contribution < 1.29 is 72.7 Å². The minimum Gasteiger partial charge on any atom is -0.445 e. The fourth-order valence-corrected chi connectivity index (χ4v) is 3.92. The third kappa shape index (κ3) is 4.52. The topological polar surface area (TPSA) is 39.1 Å². The SMILES string of the molecule is Cc1ccc(S(=O)(=O)n2cc(/C=C/[B-](F)(F)F)c3ccccc32)cc1.[K+]. The monoisotopic (exact) mass is 403 g/mol. The van der Waals surface area contributed by atoms with E-state index >= 15 is 0 Å². The molecule has 0 bridgehead atoms.